The SMILES string of the molecule is CCC1(C)CN(Cc2ccc(C)o2)C(C(C)C)CN1. The van der Waals surface area contributed by atoms with Crippen molar-refractivity contribution in [3.63, 3.8) is 0 Å². The molecule has 0 aromatic carbocycles. The van der Waals surface area contributed by atoms with Gasteiger partial charge in [0.25, 0.3) is 0 Å². The van der Waals surface area contributed by atoms with E-state index in [1.807, 2.05) is 6.92 Å². The van der Waals surface area contributed by atoms with E-state index in [1.165, 1.54) is 0 Å². The third-order valence-corrected chi connectivity index (χ3v) is 4.46. The van der Waals surface area contributed by atoms with Crippen LogP contribution < -0.4 is 5.32 Å². The topological polar surface area (TPSA) is 28.4 Å². The van der Waals surface area contributed by atoms with Crippen molar-refractivity contribution in [2.75, 3.05) is 13.1 Å². The normalized spacial score (nSPS) is 29.1. The molecule has 3 heteroatoms. The number of rotatable bonds is 4. The summed E-state index contributed by atoms with van der Waals surface area (Å²) in [5.74, 6) is 2.75. The van der Waals surface area contributed by atoms with Gasteiger partial charge in [-0.1, -0.05) is 20.8 Å². The van der Waals surface area contributed by atoms with Crippen LogP contribution in [0.5, 0.6) is 0 Å². The van der Waals surface area contributed by atoms with Crippen LogP contribution >= 0.6 is 0 Å². The Bertz CT molecular complexity index is 413. The molecule has 2 atom stereocenters. The summed E-state index contributed by atoms with van der Waals surface area (Å²) in [5.41, 5.74) is 0.229. The summed E-state index contributed by atoms with van der Waals surface area (Å²) in [5, 5.41) is 3.73. The van der Waals surface area contributed by atoms with Crippen molar-refractivity contribution >= 4 is 0 Å². The highest BCUT2D eigenvalue weighted by molar-refractivity contribution is 5.07. The van der Waals surface area contributed by atoms with Gasteiger partial charge in [-0.05, 0) is 38.3 Å². The van der Waals surface area contributed by atoms with Gasteiger partial charge in [-0.15, -0.1) is 0 Å². The Morgan fingerprint density at radius 2 is 2.21 bits per heavy atom. The fraction of sp³-hybridized carbons (Fsp3) is 0.750. The molecule has 1 aliphatic heterocycles. The molecule has 0 spiro atoms. The second-order valence-corrected chi connectivity index (χ2v) is 6.52. The Balaban J connectivity index is 2.11. The molecule has 0 amide bonds. The molecule has 3 nitrogen and oxygen atoms in total. The van der Waals surface area contributed by atoms with Crippen molar-refractivity contribution in [2.45, 2.75) is 59.2 Å². The van der Waals surface area contributed by atoms with Crippen molar-refractivity contribution in [2.24, 2.45) is 5.92 Å². The lowest BCUT2D eigenvalue weighted by Gasteiger charge is -2.47. The van der Waals surface area contributed by atoms with E-state index >= 15 is 0 Å². The minimum absolute atomic E-state index is 0.229. The zero-order valence-electron chi connectivity index (χ0n) is 13.0. The monoisotopic (exact) mass is 264 g/mol. The summed E-state index contributed by atoms with van der Waals surface area (Å²) in [6, 6.07) is 4.75. The van der Waals surface area contributed by atoms with Gasteiger partial charge in [-0.2, -0.15) is 0 Å². The first-order chi connectivity index (χ1) is 8.93. The van der Waals surface area contributed by atoms with Crippen LogP contribution in [0.2, 0.25) is 0 Å². The predicted molar refractivity (Wildman–Crippen MR) is 79.2 cm³/mol. The minimum atomic E-state index is 0.229. The summed E-state index contributed by atoms with van der Waals surface area (Å²) in [4.78, 5) is 2.59. The van der Waals surface area contributed by atoms with E-state index in [-0.39, 0.29) is 5.54 Å². The summed E-state index contributed by atoms with van der Waals surface area (Å²) in [7, 11) is 0. The fourth-order valence-corrected chi connectivity index (χ4v) is 2.94. The first-order valence-corrected chi connectivity index (χ1v) is 7.48. The van der Waals surface area contributed by atoms with Crippen LogP contribution in [0.3, 0.4) is 0 Å². The first kappa shape index (κ1) is 14.6. The summed E-state index contributed by atoms with van der Waals surface area (Å²) in [6.07, 6.45) is 1.16. The maximum absolute atomic E-state index is 5.75. The molecule has 0 bridgehead atoms. The van der Waals surface area contributed by atoms with Gasteiger partial charge in [-0.25, -0.2) is 0 Å². The van der Waals surface area contributed by atoms with Gasteiger partial charge in [0, 0.05) is 24.7 Å². The number of hydrogen-bond acceptors (Lipinski definition) is 3. The second-order valence-electron chi connectivity index (χ2n) is 6.52. The molecule has 0 radical (unpaired) electrons. The van der Waals surface area contributed by atoms with E-state index < -0.39 is 0 Å². The molecule has 2 rings (SSSR count). The maximum atomic E-state index is 5.75. The van der Waals surface area contributed by atoms with Gasteiger partial charge in [0.2, 0.25) is 0 Å². The van der Waals surface area contributed by atoms with E-state index in [1.54, 1.807) is 0 Å². The lowest BCUT2D eigenvalue weighted by molar-refractivity contribution is 0.0485. The van der Waals surface area contributed by atoms with Crippen molar-refractivity contribution in [3.05, 3.63) is 23.7 Å². The molecule has 2 unspecified atom stereocenters. The molecular formula is C16H28N2O. The van der Waals surface area contributed by atoms with Gasteiger partial charge >= 0.3 is 0 Å². The molecule has 1 N–H and O–H groups in total. The Labute approximate surface area is 117 Å². The predicted octanol–water partition coefficient (Wildman–Crippen LogP) is 3.19. The molecule has 1 aromatic rings. The van der Waals surface area contributed by atoms with E-state index in [0.29, 0.717) is 12.0 Å². The van der Waals surface area contributed by atoms with Crippen LogP contribution in [-0.4, -0.2) is 29.6 Å². The van der Waals surface area contributed by atoms with Crippen molar-refractivity contribution in [1.82, 2.24) is 10.2 Å². The lowest BCUT2D eigenvalue weighted by atomic mass is 9.90. The number of nitrogens with zero attached hydrogens (tertiary/aromatic N) is 1. The summed E-state index contributed by atoms with van der Waals surface area (Å²) < 4.78 is 5.75. The van der Waals surface area contributed by atoms with Crippen LogP contribution in [-0.2, 0) is 6.54 Å². The molecule has 1 aliphatic rings. The molecule has 108 valence electrons. The summed E-state index contributed by atoms with van der Waals surface area (Å²) >= 11 is 0. The van der Waals surface area contributed by atoms with Crippen molar-refractivity contribution in [1.29, 1.82) is 0 Å². The number of nitrogens with one attached hydrogen (secondary N) is 1. The van der Waals surface area contributed by atoms with Gasteiger partial charge in [0.15, 0.2) is 0 Å². The highest BCUT2D eigenvalue weighted by Crippen LogP contribution is 2.25. The number of furan rings is 1. The molecule has 1 fully saturated rings. The Kier molecular flexibility index (Phi) is 4.36. The third-order valence-electron chi connectivity index (χ3n) is 4.46. The highest BCUT2D eigenvalue weighted by Gasteiger charge is 2.35. The van der Waals surface area contributed by atoms with Gasteiger partial charge < -0.3 is 9.73 Å². The zero-order valence-corrected chi connectivity index (χ0v) is 13.0. The molecule has 0 aliphatic carbocycles. The average Bonchev–Trinajstić information content (AvgIpc) is 2.74. The Hall–Kier alpha value is -0.800. The van der Waals surface area contributed by atoms with E-state index in [2.05, 4.69) is 50.0 Å². The average molecular weight is 264 g/mol. The van der Waals surface area contributed by atoms with Gasteiger partial charge in [0.05, 0.1) is 6.54 Å². The molecule has 0 saturated carbocycles. The minimum Gasteiger partial charge on any atom is -0.465 e. The molecular weight excluding hydrogens is 236 g/mol. The number of piperazine rings is 1. The van der Waals surface area contributed by atoms with Crippen LogP contribution in [0.1, 0.15) is 45.6 Å². The summed E-state index contributed by atoms with van der Waals surface area (Å²) in [6.45, 7) is 14.3. The molecule has 2 heterocycles. The standard InChI is InChI=1S/C16H28N2O/c1-6-16(5)11-18(15(9-17-16)12(2)3)10-14-8-7-13(4)19-14/h7-8,12,15,17H,6,9-11H2,1-5H3. The Morgan fingerprint density at radius 3 is 2.74 bits per heavy atom. The molecule has 1 saturated heterocycles. The first-order valence-electron chi connectivity index (χ1n) is 7.48. The van der Waals surface area contributed by atoms with E-state index in [4.69, 9.17) is 4.42 Å². The van der Waals surface area contributed by atoms with Crippen LogP contribution in [0, 0.1) is 12.8 Å². The van der Waals surface area contributed by atoms with E-state index in [0.717, 1.165) is 37.6 Å². The van der Waals surface area contributed by atoms with Crippen LogP contribution in [0.4, 0.5) is 0 Å². The van der Waals surface area contributed by atoms with Crippen LogP contribution in [0.25, 0.3) is 0 Å². The third kappa shape index (κ3) is 3.40. The quantitative estimate of drug-likeness (QED) is 0.905. The maximum Gasteiger partial charge on any atom is 0.118 e. The lowest BCUT2D eigenvalue weighted by Crippen LogP contribution is -2.63. The van der Waals surface area contributed by atoms with E-state index in [9.17, 15) is 0 Å². The highest BCUT2D eigenvalue weighted by atomic mass is 16.3. The smallest absolute Gasteiger partial charge is 0.118 e. The number of aryl methyl sites for hydroxylation is 1. The van der Waals surface area contributed by atoms with Crippen LogP contribution in [0.15, 0.2) is 16.5 Å². The second kappa shape index (κ2) is 5.68. The van der Waals surface area contributed by atoms with Gasteiger partial charge in [0.1, 0.15) is 11.5 Å². The largest absolute Gasteiger partial charge is 0.465 e. The Morgan fingerprint density at radius 1 is 1.47 bits per heavy atom. The number of hydrogen-bond donors (Lipinski definition) is 1. The van der Waals surface area contributed by atoms with Crippen molar-refractivity contribution in [3.8, 4) is 0 Å². The molecule has 19 heavy (non-hydrogen) atoms. The molecule has 1 aromatic heterocycles. The zero-order chi connectivity index (χ0) is 14.0. The van der Waals surface area contributed by atoms with Gasteiger partial charge in [-0.3, -0.25) is 4.90 Å². The fourth-order valence-electron chi connectivity index (χ4n) is 2.94. The van der Waals surface area contributed by atoms with Crippen molar-refractivity contribution < 1.29 is 4.42 Å².